The first-order valence-electron chi connectivity index (χ1n) is 4.90. The van der Waals surface area contributed by atoms with Crippen LogP contribution in [0.3, 0.4) is 0 Å². The Hall–Kier alpha value is -0.730. The van der Waals surface area contributed by atoms with Gasteiger partial charge in [0.25, 0.3) is 0 Å². The maximum atomic E-state index is 5.65. The summed E-state index contributed by atoms with van der Waals surface area (Å²) in [5, 5.41) is 0. The van der Waals surface area contributed by atoms with Gasteiger partial charge in [0.1, 0.15) is 0 Å². The Kier molecular flexibility index (Phi) is 4.23. The lowest BCUT2D eigenvalue weighted by atomic mass is 10.1. The van der Waals surface area contributed by atoms with Crippen LogP contribution in [-0.4, -0.2) is 19.6 Å². The van der Waals surface area contributed by atoms with Gasteiger partial charge in [-0.3, -0.25) is 0 Å². The normalized spacial score (nSPS) is 20.6. The van der Waals surface area contributed by atoms with Crippen molar-refractivity contribution in [1.82, 2.24) is 0 Å². The minimum absolute atomic E-state index is 0. The zero-order valence-electron chi connectivity index (χ0n) is 8.23. The van der Waals surface area contributed by atoms with Gasteiger partial charge in [-0.2, -0.15) is 0 Å². The first kappa shape index (κ1) is 11.3. The Bertz CT molecular complexity index is 263. The second kappa shape index (κ2) is 5.23. The summed E-state index contributed by atoms with van der Waals surface area (Å²) in [5.74, 6) is 0.695. The molecule has 0 amide bonds. The van der Waals surface area contributed by atoms with Crippen LogP contribution in [-0.2, 0) is 0 Å². The predicted molar refractivity (Wildman–Crippen MR) is 63.1 cm³/mol. The highest BCUT2D eigenvalue weighted by atomic mass is 35.5. The van der Waals surface area contributed by atoms with Crippen LogP contribution in [0.15, 0.2) is 30.3 Å². The summed E-state index contributed by atoms with van der Waals surface area (Å²) in [6.45, 7) is 3.11. The van der Waals surface area contributed by atoms with Crippen molar-refractivity contribution in [2.45, 2.75) is 6.42 Å². The average Bonchev–Trinajstić information content (AvgIpc) is 2.67. The number of rotatable bonds is 2. The molecule has 78 valence electrons. The van der Waals surface area contributed by atoms with Gasteiger partial charge in [0.05, 0.1) is 0 Å². The molecule has 1 aliphatic rings. The van der Waals surface area contributed by atoms with Crippen LogP contribution in [0.25, 0.3) is 0 Å². The molecular formula is C11H17ClN2. The molecule has 2 nitrogen and oxygen atoms in total. The predicted octanol–water partition coefficient (Wildman–Crippen LogP) is 1.89. The minimum Gasteiger partial charge on any atom is -0.371 e. The molecule has 1 aliphatic heterocycles. The van der Waals surface area contributed by atoms with Gasteiger partial charge in [0.15, 0.2) is 0 Å². The Morgan fingerprint density at radius 1 is 1.29 bits per heavy atom. The number of nitrogens with two attached hydrogens (primary N) is 1. The third kappa shape index (κ3) is 2.40. The topological polar surface area (TPSA) is 29.3 Å². The van der Waals surface area contributed by atoms with Crippen LogP contribution in [0.1, 0.15) is 6.42 Å². The largest absolute Gasteiger partial charge is 0.371 e. The quantitative estimate of drug-likeness (QED) is 0.812. The number of anilines is 1. The summed E-state index contributed by atoms with van der Waals surface area (Å²) in [5.41, 5.74) is 6.98. The van der Waals surface area contributed by atoms with Crippen molar-refractivity contribution in [3.63, 3.8) is 0 Å². The van der Waals surface area contributed by atoms with Crippen LogP contribution in [0.5, 0.6) is 0 Å². The molecule has 0 radical (unpaired) electrons. The van der Waals surface area contributed by atoms with Crippen LogP contribution < -0.4 is 10.6 Å². The molecule has 0 aliphatic carbocycles. The van der Waals surface area contributed by atoms with E-state index in [2.05, 4.69) is 35.2 Å². The van der Waals surface area contributed by atoms with Crippen molar-refractivity contribution in [3.05, 3.63) is 30.3 Å². The molecule has 2 N–H and O–H groups in total. The highest BCUT2D eigenvalue weighted by Crippen LogP contribution is 2.22. The third-order valence-electron chi connectivity index (χ3n) is 2.74. The lowest BCUT2D eigenvalue weighted by Crippen LogP contribution is -2.22. The van der Waals surface area contributed by atoms with Crippen molar-refractivity contribution in [2.75, 3.05) is 24.5 Å². The van der Waals surface area contributed by atoms with Gasteiger partial charge in [-0.1, -0.05) is 18.2 Å². The van der Waals surface area contributed by atoms with Gasteiger partial charge in [-0.15, -0.1) is 12.4 Å². The van der Waals surface area contributed by atoms with E-state index in [9.17, 15) is 0 Å². The summed E-state index contributed by atoms with van der Waals surface area (Å²) in [7, 11) is 0. The van der Waals surface area contributed by atoms with E-state index >= 15 is 0 Å². The molecule has 1 aromatic rings. The van der Waals surface area contributed by atoms with E-state index in [1.807, 2.05) is 0 Å². The number of nitrogens with zero attached hydrogens (tertiary/aromatic N) is 1. The Balaban J connectivity index is 0.000000980. The summed E-state index contributed by atoms with van der Waals surface area (Å²) in [6.07, 6.45) is 1.24. The smallest absolute Gasteiger partial charge is 0.0366 e. The Labute approximate surface area is 91.5 Å². The summed E-state index contributed by atoms with van der Waals surface area (Å²) in [4.78, 5) is 2.41. The maximum Gasteiger partial charge on any atom is 0.0366 e. The fraction of sp³-hybridized carbons (Fsp3) is 0.455. The Morgan fingerprint density at radius 3 is 2.57 bits per heavy atom. The van der Waals surface area contributed by atoms with Crippen molar-refractivity contribution in [2.24, 2.45) is 11.7 Å². The molecule has 1 saturated heterocycles. The molecule has 1 aromatic carbocycles. The van der Waals surface area contributed by atoms with E-state index in [1.54, 1.807) is 0 Å². The molecule has 0 saturated carbocycles. The monoisotopic (exact) mass is 212 g/mol. The number of halogens is 1. The molecule has 0 unspecified atom stereocenters. The molecule has 14 heavy (non-hydrogen) atoms. The fourth-order valence-corrected chi connectivity index (χ4v) is 1.90. The molecule has 1 atom stereocenters. The van der Waals surface area contributed by atoms with E-state index < -0.39 is 0 Å². The van der Waals surface area contributed by atoms with E-state index in [0.717, 1.165) is 19.6 Å². The molecule has 0 aromatic heterocycles. The van der Waals surface area contributed by atoms with E-state index in [4.69, 9.17) is 5.73 Å². The maximum absolute atomic E-state index is 5.65. The summed E-state index contributed by atoms with van der Waals surface area (Å²) >= 11 is 0. The lowest BCUT2D eigenvalue weighted by molar-refractivity contribution is 0.602. The number of hydrogen-bond acceptors (Lipinski definition) is 2. The first-order valence-corrected chi connectivity index (χ1v) is 4.90. The van der Waals surface area contributed by atoms with Gasteiger partial charge in [0.2, 0.25) is 0 Å². The second-order valence-electron chi connectivity index (χ2n) is 3.67. The van der Waals surface area contributed by atoms with Gasteiger partial charge in [0, 0.05) is 18.8 Å². The molecule has 0 spiro atoms. The summed E-state index contributed by atoms with van der Waals surface area (Å²) in [6, 6.07) is 10.6. The van der Waals surface area contributed by atoms with E-state index in [1.165, 1.54) is 12.1 Å². The zero-order chi connectivity index (χ0) is 9.10. The van der Waals surface area contributed by atoms with Crippen LogP contribution in [0.2, 0.25) is 0 Å². The van der Waals surface area contributed by atoms with Crippen LogP contribution in [0, 0.1) is 5.92 Å². The fourth-order valence-electron chi connectivity index (χ4n) is 1.90. The van der Waals surface area contributed by atoms with Crippen molar-refractivity contribution >= 4 is 18.1 Å². The van der Waals surface area contributed by atoms with E-state index in [0.29, 0.717) is 5.92 Å². The highest BCUT2D eigenvalue weighted by molar-refractivity contribution is 5.85. The first-order chi connectivity index (χ1) is 6.40. The highest BCUT2D eigenvalue weighted by Gasteiger charge is 2.20. The zero-order valence-corrected chi connectivity index (χ0v) is 9.04. The van der Waals surface area contributed by atoms with Crippen molar-refractivity contribution in [1.29, 1.82) is 0 Å². The third-order valence-corrected chi connectivity index (χ3v) is 2.74. The van der Waals surface area contributed by atoms with E-state index in [-0.39, 0.29) is 12.4 Å². The Morgan fingerprint density at radius 2 is 2.00 bits per heavy atom. The lowest BCUT2D eigenvalue weighted by Gasteiger charge is -2.17. The minimum atomic E-state index is 0. The molecule has 0 bridgehead atoms. The van der Waals surface area contributed by atoms with Crippen molar-refractivity contribution in [3.8, 4) is 0 Å². The van der Waals surface area contributed by atoms with Gasteiger partial charge >= 0.3 is 0 Å². The molecule has 1 fully saturated rings. The molecular weight excluding hydrogens is 196 g/mol. The molecule has 1 heterocycles. The number of hydrogen-bond donors (Lipinski definition) is 1. The SMILES string of the molecule is Cl.NC[C@H]1CCN(c2ccccc2)C1. The average molecular weight is 213 g/mol. The standard InChI is InChI=1S/C11H16N2.ClH/c12-8-10-6-7-13(9-10)11-4-2-1-3-5-11;/h1-5,10H,6-9,12H2;1H/t10-;/m1./s1. The molecule has 2 rings (SSSR count). The van der Waals surface area contributed by atoms with Crippen molar-refractivity contribution < 1.29 is 0 Å². The molecule has 3 heteroatoms. The van der Waals surface area contributed by atoms with Crippen LogP contribution in [0.4, 0.5) is 5.69 Å². The number of para-hydroxylation sites is 1. The van der Waals surface area contributed by atoms with Crippen LogP contribution >= 0.6 is 12.4 Å². The number of benzene rings is 1. The van der Waals surface area contributed by atoms with Gasteiger partial charge in [-0.05, 0) is 31.0 Å². The second-order valence-corrected chi connectivity index (χ2v) is 3.67. The summed E-state index contributed by atoms with van der Waals surface area (Å²) < 4.78 is 0. The van der Waals surface area contributed by atoms with Gasteiger partial charge < -0.3 is 10.6 Å². The van der Waals surface area contributed by atoms with Gasteiger partial charge in [-0.25, -0.2) is 0 Å².